The Labute approximate surface area is 113 Å². The average Bonchev–Trinajstić information content (AvgIpc) is 2.90. The van der Waals surface area contributed by atoms with Crippen LogP contribution in [0.25, 0.3) is 0 Å². The van der Waals surface area contributed by atoms with Gasteiger partial charge in [0, 0.05) is 12.1 Å². The zero-order valence-electron chi connectivity index (χ0n) is 11.1. The summed E-state index contributed by atoms with van der Waals surface area (Å²) in [4.78, 5) is 12.0. The number of benzene rings is 1. The number of fused-ring (bicyclic) bond motifs is 1. The summed E-state index contributed by atoms with van der Waals surface area (Å²) in [6.07, 6.45) is 1.94. The molecule has 104 valence electrons. The number of carbonyl (C=O) groups is 1. The predicted molar refractivity (Wildman–Crippen MR) is 72.4 cm³/mol. The molecule has 1 aliphatic heterocycles. The molecular weight excluding hydrogens is 244 g/mol. The fourth-order valence-corrected chi connectivity index (χ4v) is 2.06. The molecule has 1 unspecified atom stereocenters. The lowest BCUT2D eigenvalue weighted by atomic mass is 10.0. The van der Waals surface area contributed by atoms with E-state index in [1.54, 1.807) is 18.2 Å². The minimum Gasteiger partial charge on any atom is -0.454 e. The first-order valence-corrected chi connectivity index (χ1v) is 6.62. The highest BCUT2D eigenvalue weighted by atomic mass is 16.7. The summed E-state index contributed by atoms with van der Waals surface area (Å²) in [5.74, 6) is 1.66. The van der Waals surface area contributed by atoms with Crippen molar-refractivity contribution in [3.05, 3.63) is 23.8 Å². The zero-order valence-corrected chi connectivity index (χ0v) is 11.1. The molecule has 0 fully saturated rings. The Morgan fingerprint density at radius 1 is 1.42 bits per heavy atom. The van der Waals surface area contributed by atoms with Gasteiger partial charge in [0.25, 0.3) is 5.91 Å². The second-order valence-corrected chi connectivity index (χ2v) is 4.63. The minimum absolute atomic E-state index is 0.0891. The number of hydrogen-bond donors (Lipinski definition) is 2. The first kappa shape index (κ1) is 13.7. The summed E-state index contributed by atoms with van der Waals surface area (Å²) in [5, 5.41) is 2.94. The van der Waals surface area contributed by atoms with Crippen LogP contribution in [0.1, 0.15) is 30.1 Å². The van der Waals surface area contributed by atoms with E-state index in [4.69, 9.17) is 15.2 Å². The fourth-order valence-electron chi connectivity index (χ4n) is 2.06. The second-order valence-electron chi connectivity index (χ2n) is 4.63. The third-order valence-electron chi connectivity index (χ3n) is 3.34. The molecule has 0 bridgehead atoms. The smallest absolute Gasteiger partial charge is 0.251 e. The molecule has 1 aliphatic rings. The molecule has 19 heavy (non-hydrogen) atoms. The Morgan fingerprint density at radius 2 is 2.21 bits per heavy atom. The van der Waals surface area contributed by atoms with Crippen molar-refractivity contribution in [2.24, 2.45) is 11.7 Å². The fraction of sp³-hybridized carbons (Fsp3) is 0.500. The summed E-state index contributed by atoms with van der Waals surface area (Å²) in [7, 11) is 0. The maximum atomic E-state index is 12.0. The molecule has 0 saturated carbocycles. The molecule has 1 amide bonds. The Bertz CT molecular complexity index is 448. The van der Waals surface area contributed by atoms with Gasteiger partial charge in [0.05, 0.1) is 0 Å². The van der Waals surface area contributed by atoms with Crippen molar-refractivity contribution in [3.8, 4) is 11.5 Å². The monoisotopic (exact) mass is 264 g/mol. The molecular formula is C14H20N2O3. The van der Waals surface area contributed by atoms with Gasteiger partial charge in [0.1, 0.15) is 0 Å². The van der Waals surface area contributed by atoms with E-state index in [0.29, 0.717) is 36.1 Å². The molecule has 0 radical (unpaired) electrons. The number of carbonyl (C=O) groups excluding carboxylic acids is 1. The molecule has 5 nitrogen and oxygen atoms in total. The normalized spacial score (nSPS) is 14.2. The molecule has 1 heterocycles. The standard InChI is InChI=1S/C14H20N2O3/c1-2-10(5-6-15)8-16-14(17)11-3-4-12-13(7-11)19-9-18-12/h3-4,7,10H,2,5-6,8-9,15H2,1H3,(H,16,17). The third-order valence-corrected chi connectivity index (χ3v) is 3.34. The molecule has 2 rings (SSSR count). The van der Waals surface area contributed by atoms with Gasteiger partial charge in [-0.15, -0.1) is 0 Å². The number of amides is 1. The van der Waals surface area contributed by atoms with E-state index in [1.807, 2.05) is 0 Å². The largest absolute Gasteiger partial charge is 0.454 e. The summed E-state index contributed by atoms with van der Waals surface area (Å²) >= 11 is 0. The topological polar surface area (TPSA) is 73.6 Å². The first-order chi connectivity index (χ1) is 9.24. The number of hydrogen-bond acceptors (Lipinski definition) is 4. The van der Waals surface area contributed by atoms with E-state index in [0.717, 1.165) is 12.8 Å². The van der Waals surface area contributed by atoms with Crippen molar-refractivity contribution in [2.45, 2.75) is 19.8 Å². The molecule has 0 aromatic heterocycles. The van der Waals surface area contributed by atoms with Crippen LogP contribution in [-0.4, -0.2) is 25.8 Å². The molecule has 3 N–H and O–H groups in total. The Morgan fingerprint density at radius 3 is 2.95 bits per heavy atom. The summed E-state index contributed by atoms with van der Waals surface area (Å²) in [5.41, 5.74) is 6.13. The lowest BCUT2D eigenvalue weighted by Gasteiger charge is -2.14. The SMILES string of the molecule is CCC(CCN)CNC(=O)c1ccc2c(c1)OCO2. The Hall–Kier alpha value is -1.75. The van der Waals surface area contributed by atoms with Crippen molar-refractivity contribution in [2.75, 3.05) is 19.9 Å². The van der Waals surface area contributed by atoms with Gasteiger partial charge in [0.2, 0.25) is 6.79 Å². The van der Waals surface area contributed by atoms with Crippen LogP contribution >= 0.6 is 0 Å². The van der Waals surface area contributed by atoms with E-state index in [1.165, 1.54) is 0 Å². The lowest BCUT2D eigenvalue weighted by molar-refractivity contribution is 0.0945. The van der Waals surface area contributed by atoms with E-state index >= 15 is 0 Å². The van der Waals surface area contributed by atoms with Gasteiger partial charge in [-0.05, 0) is 37.1 Å². The Balaban J connectivity index is 1.92. The van der Waals surface area contributed by atoms with E-state index in [9.17, 15) is 4.79 Å². The van der Waals surface area contributed by atoms with Crippen molar-refractivity contribution in [3.63, 3.8) is 0 Å². The summed E-state index contributed by atoms with van der Waals surface area (Å²) in [6, 6.07) is 5.21. The van der Waals surface area contributed by atoms with Crippen molar-refractivity contribution in [1.82, 2.24) is 5.32 Å². The second kappa shape index (κ2) is 6.43. The minimum atomic E-state index is -0.0891. The first-order valence-electron chi connectivity index (χ1n) is 6.62. The van der Waals surface area contributed by atoms with E-state index < -0.39 is 0 Å². The van der Waals surface area contributed by atoms with Gasteiger partial charge in [-0.25, -0.2) is 0 Å². The Kier molecular flexibility index (Phi) is 4.63. The summed E-state index contributed by atoms with van der Waals surface area (Å²) < 4.78 is 10.5. The number of nitrogens with two attached hydrogens (primary N) is 1. The van der Waals surface area contributed by atoms with Crippen LogP contribution in [0.3, 0.4) is 0 Å². The number of rotatable bonds is 6. The van der Waals surface area contributed by atoms with Crippen LogP contribution in [0, 0.1) is 5.92 Å². The van der Waals surface area contributed by atoms with Gasteiger partial charge in [-0.3, -0.25) is 4.79 Å². The predicted octanol–water partition coefficient (Wildman–Crippen LogP) is 1.52. The molecule has 1 atom stereocenters. The number of ether oxygens (including phenoxy) is 2. The molecule has 0 spiro atoms. The number of nitrogens with one attached hydrogen (secondary N) is 1. The van der Waals surface area contributed by atoms with Gasteiger partial charge < -0.3 is 20.5 Å². The molecule has 1 aromatic rings. The van der Waals surface area contributed by atoms with Crippen LogP contribution in [0.15, 0.2) is 18.2 Å². The van der Waals surface area contributed by atoms with Gasteiger partial charge in [0.15, 0.2) is 11.5 Å². The van der Waals surface area contributed by atoms with Crippen molar-refractivity contribution >= 4 is 5.91 Å². The van der Waals surface area contributed by atoms with E-state index in [-0.39, 0.29) is 12.7 Å². The van der Waals surface area contributed by atoms with Crippen LogP contribution in [-0.2, 0) is 0 Å². The molecule has 0 saturated heterocycles. The lowest BCUT2D eigenvalue weighted by Crippen LogP contribution is -2.30. The molecule has 5 heteroatoms. The maximum Gasteiger partial charge on any atom is 0.251 e. The molecule has 0 aliphatic carbocycles. The molecule has 1 aromatic carbocycles. The maximum absolute atomic E-state index is 12.0. The van der Waals surface area contributed by atoms with Crippen LogP contribution in [0.2, 0.25) is 0 Å². The highest BCUT2D eigenvalue weighted by Crippen LogP contribution is 2.32. The van der Waals surface area contributed by atoms with Crippen molar-refractivity contribution < 1.29 is 14.3 Å². The van der Waals surface area contributed by atoms with Crippen LogP contribution in [0.4, 0.5) is 0 Å². The zero-order chi connectivity index (χ0) is 13.7. The van der Waals surface area contributed by atoms with E-state index in [2.05, 4.69) is 12.2 Å². The summed E-state index contributed by atoms with van der Waals surface area (Å²) in [6.45, 7) is 3.63. The van der Waals surface area contributed by atoms with Gasteiger partial charge in [-0.1, -0.05) is 13.3 Å². The van der Waals surface area contributed by atoms with Crippen molar-refractivity contribution in [1.29, 1.82) is 0 Å². The quantitative estimate of drug-likeness (QED) is 0.817. The third kappa shape index (κ3) is 3.38. The van der Waals surface area contributed by atoms with Gasteiger partial charge in [-0.2, -0.15) is 0 Å². The highest BCUT2D eigenvalue weighted by molar-refractivity contribution is 5.94. The highest BCUT2D eigenvalue weighted by Gasteiger charge is 2.16. The average molecular weight is 264 g/mol. The van der Waals surface area contributed by atoms with Gasteiger partial charge >= 0.3 is 0 Å². The van der Waals surface area contributed by atoms with Crippen LogP contribution in [0.5, 0.6) is 11.5 Å². The van der Waals surface area contributed by atoms with Crippen LogP contribution < -0.4 is 20.5 Å².